The number of hydrogen-bond donors (Lipinski definition) is 1. The van der Waals surface area contributed by atoms with E-state index in [1.165, 1.54) is 4.68 Å². The summed E-state index contributed by atoms with van der Waals surface area (Å²) in [5.41, 5.74) is 9.38. The molecule has 0 amide bonds. The van der Waals surface area contributed by atoms with Crippen LogP contribution in [0.1, 0.15) is 24.2 Å². The van der Waals surface area contributed by atoms with E-state index < -0.39 is 0 Å². The van der Waals surface area contributed by atoms with Gasteiger partial charge in [0, 0.05) is 16.3 Å². The smallest absolute Gasteiger partial charge is 0.280 e. The number of halogens is 1. The van der Waals surface area contributed by atoms with Gasteiger partial charge in [0.1, 0.15) is 11.1 Å². The van der Waals surface area contributed by atoms with Crippen LogP contribution in [0.5, 0.6) is 0 Å². The van der Waals surface area contributed by atoms with Crippen molar-refractivity contribution in [2.75, 3.05) is 5.73 Å². The largest absolute Gasteiger partial charge is 0.398 e. The molecule has 0 spiro atoms. The van der Waals surface area contributed by atoms with Crippen LogP contribution in [-0.4, -0.2) is 14.9 Å². The maximum absolute atomic E-state index is 13.1. The fourth-order valence-electron chi connectivity index (χ4n) is 3.13. The zero-order chi connectivity index (χ0) is 19.1. The Bertz CT molecular complexity index is 1200. The van der Waals surface area contributed by atoms with Crippen molar-refractivity contribution >= 4 is 28.3 Å². The van der Waals surface area contributed by atoms with E-state index in [4.69, 9.17) is 21.9 Å². The fourth-order valence-corrected chi connectivity index (χ4v) is 3.26. The molecule has 1 unspecified atom stereocenters. The Balaban J connectivity index is 2.00. The molecular weight excluding hydrogens is 364 g/mol. The number of benzene rings is 2. The van der Waals surface area contributed by atoms with Crippen LogP contribution in [-0.2, 0) is 0 Å². The molecule has 4 rings (SSSR count). The van der Waals surface area contributed by atoms with E-state index in [1.54, 1.807) is 25.1 Å². The normalized spacial score (nSPS) is 12.4. The summed E-state index contributed by atoms with van der Waals surface area (Å²) in [6.07, 6.45) is 0. The molecule has 0 aliphatic carbocycles. The number of hydrogen-bond acceptors (Lipinski definition) is 5. The highest BCUT2D eigenvalue weighted by Crippen LogP contribution is 2.31. The molecule has 2 aromatic carbocycles. The Morgan fingerprint density at radius 1 is 1.15 bits per heavy atom. The summed E-state index contributed by atoms with van der Waals surface area (Å²) < 4.78 is 6.87. The first kappa shape index (κ1) is 17.3. The van der Waals surface area contributed by atoms with Crippen molar-refractivity contribution < 1.29 is 4.52 Å². The predicted molar refractivity (Wildman–Crippen MR) is 106 cm³/mol. The van der Waals surface area contributed by atoms with Crippen LogP contribution >= 0.6 is 11.6 Å². The first-order valence-corrected chi connectivity index (χ1v) is 8.84. The van der Waals surface area contributed by atoms with Crippen molar-refractivity contribution in [2.45, 2.75) is 19.9 Å². The minimum atomic E-state index is -0.308. The Morgan fingerprint density at radius 2 is 1.85 bits per heavy atom. The van der Waals surface area contributed by atoms with Crippen molar-refractivity contribution in [1.82, 2.24) is 14.9 Å². The molecule has 1 atom stereocenters. The highest BCUT2D eigenvalue weighted by molar-refractivity contribution is 6.30. The molecule has 4 aromatic rings. The number of nitrogens with two attached hydrogens (primary N) is 1. The van der Waals surface area contributed by atoms with Crippen molar-refractivity contribution in [3.63, 3.8) is 0 Å². The Labute approximate surface area is 160 Å². The zero-order valence-electron chi connectivity index (χ0n) is 14.8. The molecule has 0 fully saturated rings. The second kappa shape index (κ2) is 6.55. The van der Waals surface area contributed by atoms with E-state index in [2.05, 4.69) is 10.3 Å². The van der Waals surface area contributed by atoms with E-state index in [1.807, 2.05) is 37.3 Å². The third-order valence-corrected chi connectivity index (χ3v) is 4.89. The summed E-state index contributed by atoms with van der Waals surface area (Å²) in [4.78, 5) is 13.1. The molecule has 0 bridgehead atoms. The molecule has 6 nitrogen and oxygen atoms in total. The predicted octanol–water partition coefficient (Wildman–Crippen LogP) is 4.20. The van der Waals surface area contributed by atoms with Crippen LogP contribution in [0, 0.1) is 6.92 Å². The number of rotatable bonds is 3. The molecular formula is C20H17ClN4O2. The molecule has 2 heterocycles. The van der Waals surface area contributed by atoms with Gasteiger partial charge in [-0.05, 0) is 37.6 Å². The summed E-state index contributed by atoms with van der Waals surface area (Å²) in [7, 11) is 0. The third kappa shape index (κ3) is 2.88. The van der Waals surface area contributed by atoms with Crippen molar-refractivity contribution in [1.29, 1.82) is 0 Å². The average molecular weight is 381 g/mol. The van der Waals surface area contributed by atoms with E-state index in [0.29, 0.717) is 38.6 Å². The Hall–Kier alpha value is -3.12. The SMILES string of the molecule is Cc1noc2c(-c3ccccc3N)nn(C(C)c3ccc(Cl)cc3)c(=O)c12. The number of nitrogen functional groups attached to an aromatic ring is 1. The Kier molecular flexibility index (Phi) is 4.20. The van der Waals surface area contributed by atoms with Gasteiger partial charge in [0.25, 0.3) is 5.56 Å². The first-order chi connectivity index (χ1) is 13.0. The summed E-state index contributed by atoms with van der Waals surface area (Å²) in [5.74, 6) is 0. The van der Waals surface area contributed by atoms with Gasteiger partial charge < -0.3 is 10.3 Å². The number of aromatic nitrogens is 3. The zero-order valence-corrected chi connectivity index (χ0v) is 15.6. The Morgan fingerprint density at radius 3 is 2.56 bits per heavy atom. The van der Waals surface area contributed by atoms with Crippen LogP contribution in [0.2, 0.25) is 5.02 Å². The van der Waals surface area contributed by atoms with Gasteiger partial charge in [0.05, 0.1) is 11.7 Å². The lowest BCUT2D eigenvalue weighted by Crippen LogP contribution is -2.27. The van der Waals surface area contributed by atoms with Crippen LogP contribution in [0.4, 0.5) is 5.69 Å². The lowest BCUT2D eigenvalue weighted by molar-refractivity contribution is 0.448. The molecule has 0 aliphatic rings. The maximum Gasteiger partial charge on any atom is 0.280 e. The lowest BCUT2D eigenvalue weighted by Gasteiger charge is -2.16. The number of anilines is 1. The quantitative estimate of drug-likeness (QED) is 0.538. The molecule has 2 aromatic heterocycles. The van der Waals surface area contributed by atoms with E-state index in [-0.39, 0.29) is 11.6 Å². The van der Waals surface area contributed by atoms with Crippen molar-refractivity contribution in [3.05, 3.63) is 75.2 Å². The fraction of sp³-hybridized carbons (Fsp3) is 0.150. The van der Waals surface area contributed by atoms with Gasteiger partial charge in [0.2, 0.25) is 5.58 Å². The molecule has 7 heteroatoms. The average Bonchev–Trinajstić information content (AvgIpc) is 3.05. The van der Waals surface area contributed by atoms with Gasteiger partial charge in [-0.3, -0.25) is 4.79 Å². The minimum Gasteiger partial charge on any atom is -0.398 e. The van der Waals surface area contributed by atoms with Crippen LogP contribution in [0.3, 0.4) is 0 Å². The standard InChI is InChI=1S/C20H17ClN4O2/c1-11-17-19(27-24-11)18(15-5-3-4-6-16(15)22)23-25(20(17)26)12(2)13-7-9-14(21)10-8-13/h3-10,12H,22H2,1-2H3. The number of fused-ring (bicyclic) bond motifs is 1. The van der Waals surface area contributed by atoms with Gasteiger partial charge in [-0.2, -0.15) is 5.10 Å². The van der Waals surface area contributed by atoms with Gasteiger partial charge in [-0.1, -0.05) is 47.1 Å². The maximum atomic E-state index is 13.1. The van der Waals surface area contributed by atoms with Crippen LogP contribution in [0.15, 0.2) is 57.8 Å². The van der Waals surface area contributed by atoms with E-state index >= 15 is 0 Å². The summed E-state index contributed by atoms with van der Waals surface area (Å²) in [6.45, 7) is 3.65. The highest BCUT2D eigenvalue weighted by atomic mass is 35.5. The van der Waals surface area contributed by atoms with E-state index in [0.717, 1.165) is 5.56 Å². The van der Waals surface area contributed by atoms with Crippen LogP contribution < -0.4 is 11.3 Å². The molecule has 2 N–H and O–H groups in total. The summed E-state index contributed by atoms with van der Waals surface area (Å²) >= 11 is 5.98. The number of nitrogens with zero attached hydrogens (tertiary/aromatic N) is 3. The minimum absolute atomic E-state index is 0.260. The monoisotopic (exact) mass is 380 g/mol. The van der Waals surface area contributed by atoms with Gasteiger partial charge in [0.15, 0.2) is 0 Å². The summed E-state index contributed by atoms with van der Waals surface area (Å²) in [6, 6.07) is 14.4. The molecule has 0 saturated carbocycles. The topological polar surface area (TPSA) is 86.9 Å². The third-order valence-electron chi connectivity index (χ3n) is 4.64. The number of aryl methyl sites for hydroxylation is 1. The molecule has 0 saturated heterocycles. The second-order valence-electron chi connectivity index (χ2n) is 6.39. The molecule has 136 valence electrons. The van der Waals surface area contributed by atoms with Crippen molar-refractivity contribution in [3.8, 4) is 11.3 Å². The molecule has 0 radical (unpaired) electrons. The van der Waals surface area contributed by atoms with Crippen LogP contribution in [0.25, 0.3) is 22.2 Å². The van der Waals surface area contributed by atoms with Gasteiger partial charge in [-0.25, -0.2) is 4.68 Å². The lowest BCUT2D eigenvalue weighted by atomic mass is 10.1. The van der Waals surface area contributed by atoms with Gasteiger partial charge >= 0.3 is 0 Å². The summed E-state index contributed by atoms with van der Waals surface area (Å²) in [5, 5.41) is 9.61. The molecule has 27 heavy (non-hydrogen) atoms. The number of para-hydroxylation sites is 1. The van der Waals surface area contributed by atoms with Crippen molar-refractivity contribution in [2.24, 2.45) is 0 Å². The van der Waals surface area contributed by atoms with Gasteiger partial charge in [-0.15, -0.1) is 0 Å². The highest BCUT2D eigenvalue weighted by Gasteiger charge is 2.22. The first-order valence-electron chi connectivity index (χ1n) is 8.46. The molecule has 0 aliphatic heterocycles. The van der Waals surface area contributed by atoms with E-state index in [9.17, 15) is 4.79 Å². The second-order valence-corrected chi connectivity index (χ2v) is 6.82.